The number of nitrogens with zero attached hydrogens (tertiary/aromatic N) is 1. The number of hydrogen-bond donors (Lipinski definition) is 0. The minimum absolute atomic E-state index is 0.358. The van der Waals surface area contributed by atoms with Crippen molar-refractivity contribution in [3.8, 4) is 0 Å². The van der Waals surface area contributed by atoms with Crippen molar-refractivity contribution in [1.82, 2.24) is 4.98 Å². The van der Waals surface area contributed by atoms with Crippen LogP contribution in [0.15, 0.2) is 30.5 Å². The van der Waals surface area contributed by atoms with Crippen LogP contribution in [0, 0.1) is 5.82 Å². The quantitative estimate of drug-likeness (QED) is 0.622. The molecule has 3 heteroatoms. The summed E-state index contributed by atoms with van der Waals surface area (Å²) < 4.78 is 12.8. The van der Waals surface area contributed by atoms with Gasteiger partial charge in [-0.25, -0.2) is 4.39 Å². The lowest BCUT2D eigenvalue weighted by Gasteiger charge is -1.98. The number of halogens is 1. The molecule has 0 bridgehead atoms. The van der Waals surface area contributed by atoms with Gasteiger partial charge in [0.25, 0.3) is 0 Å². The van der Waals surface area contributed by atoms with E-state index < -0.39 is 0 Å². The molecule has 0 aliphatic rings. The Hall–Kier alpha value is -1.77. The third-order valence-electron chi connectivity index (χ3n) is 1.86. The molecule has 0 saturated carbocycles. The Bertz CT molecular complexity index is 467. The number of hydrogen-bond acceptors (Lipinski definition) is 2. The van der Waals surface area contributed by atoms with Crippen LogP contribution < -0.4 is 0 Å². The Morgan fingerprint density at radius 3 is 2.92 bits per heavy atom. The van der Waals surface area contributed by atoms with E-state index in [1.165, 1.54) is 18.3 Å². The second-order valence-corrected chi connectivity index (χ2v) is 2.68. The van der Waals surface area contributed by atoms with Crippen LogP contribution in [0.1, 0.15) is 10.4 Å². The fourth-order valence-electron chi connectivity index (χ4n) is 1.24. The lowest BCUT2D eigenvalue weighted by Crippen LogP contribution is -1.86. The average molecular weight is 175 g/mol. The summed E-state index contributed by atoms with van der Waals surface area (Å²) in [7, 11) is 0. The highest BCUT2D eigenvalue weighted by atomic mass is 19.1. The van der Waals surface area contributed by atoms with Crippen LogP contribution in [0.4, 0.5) is 4.39 Å². The van der Waals surface area contributed by atoms with Gasteiger partial charge >= 0.3 is 0 Å². The van der Waals surface area contributed by atoms with Crippen molar-refractivity contribution in [3.05, 3.63) is 41.8 Å². The number of fused-ring (bicyclic) bond motifs is 1. The first-order valence-corrected chi connectivity index (χ1v) is 3.81. The van der Waals surface area contributed by atoms with Crippen molar-refractivity contribution in [2.24, 2.45) is 0 Å². The largest absolute Gasteiger partial charge is 0.298 e. The zero-order chi connectivity index (χ0) is 9.26. The number of aldehydes is 1. The van der Waals surface area contributed by atoms with Crippen LogP contribution in [-0.2, 0) is 0 Å². The van der Waals surface area contributed by atoms with Crippen molar-refractivity contribution in [1.29, 1.82) is 0 Å². The molecule has 0 spiro atoms. The van der Waals surface area contributed by atoms with E-state index in [0.29, 0.717) is 22.8 Å². The third kappa shape index (κ3) is 1.28. The fraction of sp³-hybridized carbons (Fsp3) is 0. The number of benzene rings is 1. The molecule has 0 atom stereocenters. The maximum absolute atomic E-state index is 12.8. The van der Waals surface area contributed by atoms with E-state index in [4.69, 9.17) is 0 Å². The maximum Gasteiger partial charge on any atom is 0.150 e. The summed E-state index contributed by atoms with van der Waals surface area (Å²) in [5, 5.41) is 0.553. The summed E-state index contributed by atoms with van der Waals surface area (Å²) in [5.74, 6) is -0.358. The molecule has 0 radical (unpaired) electrons. The van der Waals surface area contributed by atoms with E-state index in [2.05, 4.69) is 4.98 Å². The zero-order valence-electron chi connectivity index (χ0n) is 6.70. The molecule has 0 fully saturated rings. The molecular weight excluding hydrogens is 169 g/mol. The number of carbonyl (C=O) groups excluding carboxylic acids is 1. The summed E-state index contributed by atoms with van der Waals surface area (Å²) in [6.45, 7) is 0. The molecule has 13 heavy (non-hydrogen) atoms. The summed E-state index contributed by atoms with van der Waals surface area (Å²) in [6.07, 6.45) is 2.23. The molecule has 0 saturated heterocycles. The normalized spacial score (nSPS) is 10.2. The predicted octanol–water partition coefficient (Wildman–Crippen LogP) is 2.19. The molecule has 0 unspecified atom stereocenters. The highest BCUT2D eigenvalue weighted by molar-refractivity contribution is 5.95. The Balaban J connectivity index is 2.86. The van der Waals surface area contributed by atoms with Crippen molar-refractivity contribution < 1.29 is 9.18 Å². The highest BCUT2D eigenvalue weighted by Crippen LogP contribution is 2.15. The van der Waals surface area contributed by atoms with Crippen LogP contribution in [0.2, 0.25) is 0 Å². The van der Waals surface area contributed by atoms with Crippen LogP contribution in [0.5, 0.6) is 0 Å². The monoisotopic (exact) mass is 175 g/mol. The molecular formula is C10H6FNO. The van der Waals surface area contributed by atoms with E-state index in [0.717, 1.165) is 0 Å². The number of aromatic nitrogens is 1. The Morgan fingerprint density at radius 1 is 1.31 bits per heavy atom. The van der Waals surface area contributed by atoms with Crippen molar-refractivity contribution in [2.45, 2.75) is 0 Å². The van der Waals surface area contributed by atoms with Crippen LogP contribution in [0.3, 0.4) is 0 Å². The topological polar surface area (TPSA) is 30.0 Å². The number of rotatable bonds is 1. The van der Waals surface area contributed by atoms with Crippen molar-refractivity contribution >= 4 is 17.2 Å². The van der Waals surface area contributed by atoms with Crippen LogP contribution in [-0.4, -0.2) is 11.3 Å². The van der Waals surface area contributed by atoms with E-state index in [1.807, 2.05) is 0 Å². The Labute approximate surface area is 74.0 Å². The second-order valence-electron chi connectivity index (χ2n) is 2.68. The van der Waals surface area contributed by atoms with Crippen molar-refractivity contribution in [3.63, 3.8) is 0 Å². The van der Waals surface area contributed by atoms with Gasteiger partial charge in [-0.3, -0.25) is 9.78 Å². The lowest BCUT2D eigenvalue weighted by atomic mass is 10.1. The Morgan fingerprint density at radius 2 is 2.15 bits per heavy atom. The standard InChI is InChI=1S/C10H6FNO/c11-8-1-2-10-9(5-8)7(6-13)3-4-12-10/h1-6H. The summed E-state index contributed by atoms with van der Waals surface area (Å²) in [4.78, 5) is 14.6. The van der Waals surface area contributed by atoms with Gasteiger partial charge in [-0.1, -0.05) is 0 Å². The molecule has 2 nitrogen and oxygen atoms in total. The molecule has 0 amide bonds. The molecule has 0 aliphatic heterocycles. The molecule has 0 aliphatic carbocycles. The molecule has 2 rings (SSSR count). The molecule has 1 aromatic carbocycles. The van der Waals surface area contributed by atoms with E-state index in [1.54, 1.807) is 12.1 Å². The predicted molar refractivity (Wildman–Crippen MR) is 47.1 cm³/mol. The first kappa shape index (κ1) is 7.86. The maximum atomic E-state index is 12.8. The van der Waals surface area contributed by atoms with Crippen LogP contribution in [0.25, 0.3) is 10.9 Å². The minimum atomic E-state index is -0.358. The highest BCUT2D eigenvalue weighted by Gasteiger charge is 2.01. The van der Waals surface area contributed by atoms with Gasteiger partial charge in [0.1, 0.15) is 5.82 Å². The number of pyridine rings is 1. The van der Waals surface area contributed by atoms with Gasteiger partial charge in [-0.15, -0.1) is 0 Å². The third-order valence-corrected chi connectivity index (χ3v) is 1.86. The first-order chi connectivity index (χ1) is 6.31. The molecule has 2 aromatic rings. The van der Waals surface area contributed by atoms with E-state index >= 15 is 0 Å². The van der Waals surface area contributed by atoms with Crippen LogP contribution >= 0.6 is 0 Å². The summed E-state index contributed by atoms with van der Waals surface area (Å²) >= 11 is 0. The van der Waals surface area contributed by atoms with E-state index in [9.17, 15) is 9.18 Å². The molecule has 1 heterocycles. The van der Waals surface area contributed by atoms with Gasteiger partial charge in [0.15, 0.2) is 6.29 Å². The average Bonchev–Trinajstić information content (AvgIpc) is 2.17. The summed E-state index contributed by atoms with van der Waals surface area (Å²) in [6, 6.07) is 5.75. The smallest absolute Gasteiger partial charge is 0.150 e. The van der Waals surface area contributed by atoms with Gasteiger partial charge in [-0.05, 0) is 24.3 Å². The second kappa shape index (κ2) is 2.94. The molecule has 0 N–H and O–H groups in total. The minimum Gasteiger partial charge on any atom is -0.298 e. The molecule has 1 aromatic heterocycles. The van der Waals surface area contributed by atoms with E-state index in [-0.39, 0.29) is 5.82 Å². The SMILES string of the molecule is O=Cc1ccnc2ccc(F)cc12. The van der Waals surface area contributed by atoms with Gasteiger partial charge in [0.2, 0.25) is 0 Å². The number of carbonyl (C=O) groups is 1. The fourth-order valence-corrected chi connectivity index (χ4v) is 1.24. The first-order valence-electron chi connectivity index (χ1n) is 3.81. The van der Waals surface area contributed by atoms with Crippen molar-refractivity contribution in [2.75, 3.05) is 0 Å². The lowest BCUT2D eigenvalue weighted by molar-refractivity contribution is 0.112. The van der Waals surface area contributed by atoms with Gasteiger partial charge in [-0.2, -0.15) is 0 Å². The summed E-state index contributed by atoms with van der Waals surface area (Å²) in [5.41, 5.74) is 1.09. The van der Waals surface area contributed by atoms with Gasteiger partial charge < -0.3 is 0 Å². The van der Waals surface area contributed by atoms with Gasteiger partial charge in [0, 0.05) is 17.1 Å². The Kier molecular flexibility index (Phi) is 1.77. The zero-order valence-corrected chi connectivity index (χ0v) is 6.70. The molecule has 64 valence electrons. The van der Waals surface area contributed by atoms with Gasteiger partial charge in [0.05, 0.1) is 5.52 Å².